The maximum absolute atomic E-state index is 12.2. The Morgan fingerprint density at radius 1 is 0.750 bits per heavy atom. The second-order valence-corrected chi connectivity index (χ2v) is 8.05. The van der Waals surface area contributed by atoms with Gasteiger partial charge in [0.2, 0.25) is 0 Å². The molecule has 0 amide bonds. The Balaban J connectivity index is 1.85. The zero-order chi connectivity index (χ0) is 29.7. The van der Waals surface area contributed by atoms with E-state index in [0.717, 1.165) is 31.3 Å². The van der Waals surface area contributed by atoms with Crippen LogP contribution in [0.1, 0.15) is 0 Å². The third kappa shape index (κ3) is 10.8. The molecule has 20 heteroatoms. The Hall–Kier alpha value is -4.98. The first-order valence-electron chi connectivity index (χ1n) is 11.4. The summed E-state index contributed by atoms with van der Waals surface area (Å²) in [6, 6.07) is 0. The van der Waals surface area contributed by atoms with Gasteiger partial charge in [0.1, 0.15) is 38.7 Å². The molecule has 2 N–H and O–H groups in total. The van der Waals surface area contributed by atoms with Crippen molar-refractivity contribution in [3.05, 3.63) is 45.3 Å². The maximum Gasteiger partial charge on any atom is 0.342 e. The van der Waals surface area contributed by atoms with E-state index in [0.29, 0.717) is 0 Å². The first-order valence-corrected chi connectivity index (χ1v) is 11.4. The van der Waals surface area contributed by atoms with Gasteiger partial charge in [-0.05, 0) is 9.85 Å². The molecule has 0 aromatic carbocycles. The number of nitrogens with zero attached hydrogens (tertiary/aromatic N) is 8. The van der Waals surface area contributed by atoms with Crippen molar-refractivity contribution in [3.63, 3.8) is 0 Å². The molecule has 0 atom stereocenters. The number of hydrogen-bond acceptors (Lipinski definition) is 14. The third-order valence-corrected chi connectivity index (χ3v) is 5.10. The van der Waals surface area contributed by atoms with Gasteiger partial charge in [-0.1, -0.05) is 0 Å². The number of aromatic nitrogens is 4. The van der Waals surface area contributed by atoms with Crippen LogP contribution in [0.5, 0.6) is 0 Å². The van der Waals surface area contributed by atoms with Crippen molar-refractivity contribution in [1.82, 2.24) is 28.9 Å². The molecule has 0 unspecified atom stereocenters. The molecule has 0 saturated heterocycles. The van der Waals surface area contributed by atoms with Crippen molar-refractivity contribution in [3.8, 4) is 0 Å². The number of carbonyl (C=O) groups is 4. The summed E-state index contributed by atoms with van der Waals surface area (Å²) in [5.41, 5.74) is 0. The van der Waals surface area contributed by atoms with Gasteiger partial charge in [-0.15, -0.1) is 0 Å². The predicted octanol–water partition coefficient (Wildman–Crippen LogP) is -1.54. The fourth-order valence-electron chi connectivity index (χ4n) is 3.34. The van der Waals surface area contributed by atoms with Crippen LogP contribution >= 0.6 is 0 Å². The standard InChI is InChI=1S/C20H26N8O12/c29-17(30)9-23(11-19(33)39-5-3-25-13-21-7-15(25)27(35)36)1-2-24(10-18(31)32)12-20(34)40-6-4-26-14-22-8-16(26)28(37)38/h7-8,13-14H,1-6,9-12H2,(H,29,30)(H,31,32). The zero-order valence-electron chi connectivity index (χ0n) is 20.9. The number of aliphatic carboxylic acids is 2. The van der Waals surface area contributed by atoms with E-state index in [2.05, 4.69) is 9.97 Å². The molecule has 0 bridgehead atoms. The maximum atomic E-state index is 12.2. The fraction of sp³-hybridized carbons (Fsp3) is 0.500. The van der Waals surface area contributed by atoms with Crippen molar-refractivity contribution < 1.29 is 48.7 Å². The van der Waals surface area contributed by atoms with Crippen LogP contribution in [0.3, 0.4) is 0 Å². The molecule has 0 fully saturated rings. The van der Waals surface area contributed by atoms with Gasteiger partial charge in [-0.25, -0.2) is 19.1 Å². The highest BCUT2D eigenvalue weighted by atomic mass is 16.6. The molecule has 0 saturated carbocycles. The van der Waals surface area contributed by atoms with Gasteiger partial charge < -0.3 is 39.9 Å². The van der Waals surface area contributed by atoms with Crippen LogP contribution in [0.25, 0.3) is 0 Å². The van der Waals surface area contributed by atoms with Crippen molar-refractivity contribution in [2.24, 2.45) is 0 Å². The second-order valence-electron chi connectivity index (χ2n) is 8.05. The van der Waals surface area contributed by atoms with E-state index < -0.39 is 59.9 Å². The molecule has 0 aliphatic rings. The normalized spacial score (nSPS) is 10.9. The molecular formula is C20H26N8O12. The van der Waals surface area contributed by atoms with Gasteiger partial charge in [0.05, 0.1) is 26.2 Å². The number of carbonyl (C=O) groups excluding carboxylic acids is 2. The van der Waals surface area contributed by atoms with Crippen LogP contribution in [-0.2, 0) is 41.7 Å². The number of nitro groups is 2. The minimum atomic E-state index is -1.28. The summed E-state index contributed by atoms with van der Waals surface area (Å²) in [7, 11) is 0. The fourth-order valence-corrected chi connectivity index (χ4v) is 3.34. The van der Waals surface area contributed by atoms with E-state index in [1.54, 1.807) is 0 Å². The van der Waals surface area contributed by atoms with Crippen LogP contribution in [0.4, 0.5) is 11.6 Å². The molecule has 2 heterocycles. The molecular weight excluding hydrogens is 544 g/mol. The Kier molecular flexibility index (Phi) is 12.1. The summed E-state index contributed by atoms with van der Waals surface area (Å²) in [4.78, 5) is 77.0. The van der Waals surface area contributed by atoms with Gasteiger partial charge in [0.25, 0.3) is 0 Å². The van der Waals surface area contributed by atoms with Crippen LogP contribution in [0.2, 0.25) is 0 Å². The molecule has 40 heavy (non-hydrogen) atoms. The molecule has 2 aromatic rings. The van der Waals surface area contributed by atoms with Crippen LogP contribution in [0.15, 0.2) is 25.0 Å². The summed E-state index contributed by atoms with van der Waals surface area (Å²) in [6.07, 6.45) is 4.43. The molecule has 0 aliphatic carbocycles. The monoisotopic (exact) mass is 570 g/mol. The largest absolute Gasteiger partial charge is 0.480 e. The molecule has 20 nitrogen and oxygen atoms in total. The van der Waals surface area contributed by atoms with Gasteiger partial charge >= 0.3 is 35.5 Å². The van der Waals surface area contributed by atoms with Crippen LogP contribution < -0.4 is 0 Å². The Morgan fingerprint density at radius 3 is 1.45 bits per heavy atom. The molecule has 2 rings (SSSR count). The number of esters is 2. The van der Waals surface area contributed by atoms with E-state index in [-0.39, 0.29) is 51.0 Å². The quantitative estimate of drug-likeness (QED) is 0.110. The van der Waals surface area contributed by atoms with Crippen LogP contribution in [-0.4, -0.2) is 125 Å². The van der Waals surface area contributed by atoms with E-state index in [1.807, 2.05) is 0 Å². The summed E-state index contributed by atoms with van der Waals surface area (Å²) in [5.74, 6) is -4.82. The third-order valence-electron chi connectivity index (χ3n) is 5.10. The van der Waals surface area contributed by atoms with Crippen LogP contribution in [0, 0.1) is 20.2 Å². The highest BCUT2D eigenvalue weighted by molar-refractivity contribution is 5.74. The van der Waals surface area contributed by atoms with E-state index in [9.17, 15) is 39.4 Å². The van der Waals surface area contributed by atoms with Crippen molar-refractivity contribution in [2.75, 3.05) is 52.5 Å². The minimum Gasteiger partial charge on any atom is -0.480 e. The SMILES string of the molecule is O=C(O)CN(CCN(CC(=O)O)CC(=O)OCCn1cncc1[N+](=O)[O-])CC(=O)OCCn1cncc1[N+](=O)[O-]. The molecule has 0 aliphatic heterocycles. The number of rotatable bonds is 19. The van der Waals surface area contributed by atoms with Gasteiger partial charge in [-0.3, -0.25) is 29.0 Å². The summed E-state index contributed by atoms with van der Waals surface area (Å²) in [5, 5.41) is 40.1. The lowest BCUT2D eigenvalue weighted by Crippen LogP contribution is -2.44. The Labute approximate surface area is 224 Å². The van der Waals surface area contributed by atoms with Gasteiger partial charge in [0, 0.05) is 13.1 Å². The van der Waals surface area contributed by atoms with Crippen molar-refractivity contribution in [2.45, 2.75) is 13.1 Å². The van der Waals surface area contributed by atoms with Crippen molar-refractivity contribution >= 4 is 35.5 Å². The zero-order valence-corrected chi connectivity index (χ0v) is 20.9. The van der Waals surface area contributed by atoms with Gasteiger partial charge in [-0.2, -0.15) is 0 Å². The summed E-state index contributed by atoms with van der Waals surface area (Å²) < 4.78 is 12.4. The number of imidazole rings is 2. The number of hydrogen-bond donors (Lipinski definition) is 2. The summed E-state index contributed by atoms with van der Waals surface area (Å²) in [6.45, 7) is -3.11. The lowest BCUT2D eigenvalue weighted by atomic mass is 10.4. The molecule has 0 spiro atoms. The second kappa shape index (κ2) is 15.4. The topological polar surface area (TPSA) is 256 Å². The lowest BCUT2D eigenvalue weighted by molar-refractivity contribution is -0.392. The first kappa shape index (κ1) is 31.2. The highest BCUT2D eigenvalue weighted by Gasteiger charge is 2.21. The number of carboxylic acids is 2. The van der Waals surface area contributed by atoms with Crippen molar-refractivity contribution in [1.29, 1.82) is 0 Å². The molecule has 218 valence electrons. The average Bonchev–Trinajstić information content (AvgIpc) is 3.51. The van der Waals surface area contributed by atoms with E-state index in [4.69, 9.17) is 19.7 Å². The first-order chi connectivity index (χ1) is 19.0. The minimum absolute atomic E-state index is 0.0658. The van der Waals surface area contributed by atoms with Gasteiger partial charge in [0.15, 0.2) is 12.7 Å². The molecule has 0 radical (unpaired) electrons. The smallest absolute Gasteiger partial charge is 0.342 e. The summed E-state index contributed by atoms with van der Waals surface area (Å²) >= 11 is 0. The highest BCUT2D eigenvalue weighted by Crippen LogP contribution is 2.10. The number of carboxylic acid groups (broad SMARTS) is 2. The number of ether oxygens (including phenoxy) is 2. The Bertz CT molecular complexity index is 1120. The lowest BCUT2D eigenvalue weighted by Gasteiger charge is -2.24. The average molecular weight is 570 g/mol. The Morgan fingerprint density at radius 2 is 1.12 bits per heavy atom. The van der Waals surface area contributed by atoms with E-state index in [1.165, 1.54) is 12.7 Å². The van der Waals surface area contributed by atoms with E-state index >= 15 is 0 Å². The predicted molar refractivity (Wildman–Crippen MR) is 128 cm³/mol. The molecule has 2 aromatic heterocycles.